The highest BCUT2D eigenvalue weighted by Crippen LogP contribution is 2.29. The molecule has 0 aliphatic rings. The maximum Gasteiger partial charge on any atom is 0.293 e. The van der Waals surface area contributed by atoms with Crippen molar-refractivity contribution in [1.29, 1.82) is 0 Å². The SMILES string of the molecule is CCN(CC)S(=O)(=O)c1ccc(NCc2nc(C)n3ccccc23)c([N+](=O)[O-])c1. The number of hydrogen-bond donors (Lipinski definition) is 1. The summed E-state index contributed by atoms with van der Waals surface area (Å²) < 4.78 is 28.6. The number of nitro groups is 1. The van der Waals surface area contributed by atoms with E-state index in [4.69, 9.17) is 0 Å². The molecule has 1 N–H and O–H groups in total. The number of nitrogens with one attached hydrogen (secondary N) is 1. The molecule has 0 radical (unpaired) electrons. The molecular formula is C19H23N5O4S. The molecular weight excluding hydrogens is 394 g/mol. The second-order valence-electron chi connectivity index (χ2n) is 6.44. The monoisotopic (exact) mass is 417 g/mol. The third-order valence-corrected chi connectivity index (χ3v) is 6.80. The molecule has 9 nitrogen and oxygen atoms in total. The van der Waals surface area contributed by atoms with Crippen molar-refractivity contribution < 1.29 is 13.3 Å². The van der Waals surface area contributed by atoms with Crippen LogP contribution in [-0.4, -0.2) is 40.1 Å². The zero-order chi connectivity index (χ0) is 21.2. The van der Waals surface area contributed by atoms with Crippen LogP contribution in [0.3, 0.4) is 0 Å². The molecule has 3 aromatic rings. The number of fused-ring (bicyclic) bond motifs is 1. The average Bonchev–Trinajstić information content (AvgIpc) is 3.03. The van der Waals surface area contributed by atoms with Crippen molar-refractivity contribution in [2.24, 2.45) is 0 Å². The molecule has 0 unspecified atom stereocenters. The molecule has 1 aromatic carbocycles. The number of benzene rings is 1. The first-order chi connectivity index (χ1) is 13.8. The number of anilines is 1. The molecule has 0 bridgehead atoms. The van der Waals surface area contributed by atoms with Crippen LogP contribution in [0.4, 0.5) is 11.4 Å². The van der Waals surface area contributed by atoms with Gasteiger partial charge in [-0.15, -0.1) is 0 Å². The van der Waals surface area contributed by atoms with Crippen LogP contribution in [0.15, 0.2) is 47.5 Å². The predicted octanol–water partition coefficient (Wildman–Crippen LogP) is 3.19. The van der Waals surface area contributed by atoms with Gasteiger partial charge in [-0.05, 0) is 31.2 Å². The second kappa shape index (κ2) is 8.18. The van der Waals surface area contributed by atoms with E-state index in [0.29, 0.717) is 13.1 Å². The van der Waals surface area contributed by atoms with E-state index in [1.54, 1.807) is 13.8 Å². The predicted molar refractivity (Wildman–Crippen MR) is 110 cm³/mol. The molecule has 154 valence electrons. The van der Waals surface area contributed by atoms with Gasteiger partial charge in [0.15, 0.2) is 0 Å². The summed E-state index contributed by atoms with van der Waals surface area (Å²) in [5.74, 6) is 0.813. The van der Waals surface area contributed by atoms with Crippen molar-refractivity contribution in [2.75, 3.05) is 18.4 Å². The second-order valence-corrected chi connectivity index (χ2v) is 8.38. The Morgan fingerprint density at radius 3 is 2.59 bits per heavy atom. The number of aryl methyl sites for hydroxylation is 1. The Hall–Kier alpha value is -2.98. The van der Waals surface area contributed by atoms with Crippen LogP contribution in [-0.2, 0) is 16.6 Å². The lowest BCUT2D eigenvalue weighted by molar-refractivity contribution is -0.384. The van der Waals surface area contributed by atoms with Crippen molar-refractivity contribution in [3.05, 3.63) is 64.2 Å². The molecule has 2 aromatic heterocycles. The molecule has 0 aliphatic carbocycles. The van der Waals surface area contributed by atoms with Crippen LogP contribution in [0.1, 0.15) is 25.4 Å². The molecule has 0 saturated carbocycles. The molecule has 0 aliphatic heterocycles. The number of pyridine rings is 1. The highest BCUT2D eigenvalue weighted by atomic mass is 32.2. The van der Waals surface area contributed by atoms with E-state index in [1.807, 2.05) is 35.7 Å². The fourth-order valence-corrected chi connectivity index (χ4v) is 4.74. The first-order valence-corrected chi connectivity index (χ1v) is 10.7. The van der Waals surface area contributed by atoms with Crippen LogP contribution in [0.25, 0.3) is 5.52 Å². The lowest BCUT2D eigenvalue weighted by atomic mass is 10.2. The van der Waals surface area contributed by atoms with Gasteiger partial charge in [0.25, 0.3) is 5.69 Å². The zero-order valence-corrected chi connectivity index (χ0v) is 17.3. The summed E-state index contributed by atoms with van der Waals surface area (Å²) in [5.41, 5.74) is 1.60. The van der Waals surface area contributed by atoms with Crippen LogP contribution in [0, 0.1) is 17.0 Å². The summed E-state index contributed by atoms with van der Waals surface area (Å²) in [5, 5.41) is 14.6. The summed E-state index contributed by atoms with van der Waals surface area (Å²) >= 11 is 0. The van der Waals surface area contributed by atoms with E-state index in [1.165, 1.54) is 16.4 Å². The van der Waals surface area contributed by atoms with E-state index in [9.17, 15) is 18.5 Å². The Morgan fingerprint density at radius 2 is 1.93 bits per heavy atom. The van der Waals surface area contributed by atoms with E-state index in [0.717, 1.165) is 23.1 Å². The van der Waals surface area contributed by atoms with E-state index < -0.39 is 14.9 Å². The molecule has 29 heavy (non-hydrogen) atoms. The van der Waals surface area contributed by atoms with Gasteiger partial charge in [-0.2, -0.15) is 4.31 Å². The number of nitro benzene ring substituents is 1. The molecule has 0 atom stereocenters. The third-order valence-electron chi connectivity index (χ3n) is 4.76. The topological polar surface area (TPSA) is 110 Å². The smallest absolute Gasteiger partial charge is 0.293 e. The quantitative estimate of drug-likeness (QED) is 0.445. The first kappa shape index (κ1) is 20.7. The van der Waals surface area contributed by atoms with Crippen molar-refractivity contribution >= 4 is 26.9 Å². The van der Waals surface area contributed by atoms with Crippen LogP contribution in [0.5, 0.6) is 0 Å². The number of hydrogen-bond acceptors (Lipinski definition) is 6. The van der Waals surface area contributed by atoms with Crippen molar-refractivity contribution in [3.63, 3.8) is 0 Å². The van der Waals surface area contributed by atoms with Gasteiger partial charge < -0.3 is 9.72 Å². The normalized spacial score (nSPS) is 11.9. The van der Waals surface area contributed by atoms with Gasteiger partial charge in [0.05, 0.1) is 27.6 Å². The third kappa shape index (κ3) is 3.94. The number of rotatable bonds is 8. The summed E-state index contributed by atoms with van der Waals surface area (Å²) in [4.78, 5) is 15.4. The van der Waals surface area contributed by atoms with Crippen molar-refractivity contribution in [2.45, 2.75) is 32.2 Å². The molecule has 0 spiro atoms. The van der Waals surface area contributed by atoms with Crippen molar-refractivity contribution in [3.8, 4) is 0 Å². The number of sulfonamides is 1. The summed E-state index contributed by atoms with van der Waals surface area (Å²) in [7, 11) is -3.78. The zero-order valence-electron chi connectivity index (χ0n) is 16.5. The Kier molecular flexibility index (Phi) is 5.85. The van der Waals surface area contributed by atoms with Gasteiger partial charge in [0.1, 0.15) is 11.5 Å². The van der Waals surface area contributed by atoms with Crippen LogP contribution in [0.2, 0.25) is 0 Å². The maximum atomic E-state index is 12.7. The van der Waals surface area contributed by atoms with E-state index in [2.05, 4.69) is 10.3 Å². The van der Waals surface area contributed by atoms with Gasteiger partial charge in [0.2, 0.25) is 10.0 Å². The minimum atomic E-state index is -3.78. The van der Waals surface area contributed by atoms with Gasteiger partial charge >= 0.3 is 0 Å². The number of nitrogens with zero attached hydrogens (tertiary/aromatic N) is 4. The van der Waals surface area contributed by atoms with Gasteiger partial charge in [-0.25, -0.2) is 13.4 Å². The lowest BCUT2D eigenvalue weighted by Crippen LogP contribution is -2.30. The van der Waals surface area contributed by atoms with Crippen LogP contribution >= 0.6 is 0 Å². The Balaban J connectivity index is 1.93. The van der Waals surface area contributed by atoms with Crippen molar-refractivity contribution in [1.82, 2.24) is 13.7 Å². The van der Waals surface area contributed by atoms with E-state index >= 15 is 0 Å². The Labute approximate surface area is 169 Å². The molecule has 2 heterocycles. The highest BCUT2D eigenvalue weighted by Gasteiger charge is 2.25. The molecule has 10 heteroatoms. The van der Waals surface area contributed by atoms with Gasteiger partial charge in [-0.1, -0.05) is 19.9 Å². The average molecular weight is 417 g/mol. The fraction of sp³-hybridized carbons (Fsp3) is 0.316. The fourth-order valence-electron chi connectivity index (χ4n) is 3.26. The number of imidazole rings is 1. The van der Waals surface area contributed by atoms with E-state index in [-0.39, 0.29) is 22.8 Å². The van der Waals surface area contributed by atoms with Gasteiger partial charge in [0, 0.05) is 25.4 Å². The standard InChI is InChI=1S/C19H23N5O4S/c1-4-22(5-2)29(27,28)15-9-10-16(19(12-15)24(25)26)20-13-17-18-8-6-7-11-23(18)14(3)21-17/h6-12,20H,4-5,13H2,1-3H3. The van der Waals surface area contributed by atoms with Gasteiger partial charge in [-0.3, -0.25) is 10.1 Å². The summed E-state index contributed by atoms with van der Waals surface area (Å²) in [6.45, 7) is 6.18. The molecule has 3 rings (SSSR count). The Morgan fingerprint density at radius 1 is 1.21 bits per heavy atom. The molecule has 0 fully saturated rings. The minimum Gasteiger partial charge on any atom is -0.374 e. The minimum absolute atomic E-state index is 0.0956. The van der Waals surface area contributed by atoms with Crippen LogP contribution < -0.4 is 5.32 Å². The number of aromatic nitrogens is 2. The maximum absolute atomic E-state index is 12.7. The Bertz CT molecular complexity index is 1150. The summed E-state index contributed by atoms with van der Waals surface area (Å²) in [6, 6.07) is 9.64. The molecule has 0 saturated heterocycles. The lowest BCUT2D eigenvalue weighted by Gasteiger charge is -2.18. The largest absolute Gasteiger partial charge is 0.374 e. The highest BCUT2D eigenvalue weighted by molar-refractivity contribution is 7.89. The summed E-state index contributed by atoms with van der Waals surface area (Å²) in [6.07, 6.45) is 1.90. The first-order valence-electron chi connectivity index (χ1n) is 9.24. The molecule has 0 amide bonds.